The van der Waals surface area contributed by atoms with Gasteiger partial charge in [0.2, 0.25) is 5.88 Å². The monoisotopic (exact) mass is 1050 g/mol. The lowest BCUT2D eigenvalue weighted by molar-refractivity contribution is 0.332. The van der Waals surface area contributed by atoms with Crippen LogP contribution in [0.15, 0.2) is 106 Å². The molecule has 0 atom stereocenters. The maximum Gasteiger partial charge on any atom is 0.257 e. The molecule has 0 amide bonds. The molecule has 5 heteroatoms. The summed E-state index contributed by atoms with van der Waals surface area (Å²) in [5, 5.41) is 1.25. The van der Waals surface area contributed by atoms with Gasteiger partial charge in [-0.15, -0.1) is 0 Å². The first kappa shape index (κ1) is 53.5. The van der Waals surface area contributed by atoms with Gasteiger partial charge in [0, 0.05) is 39.2 Å². The summed E-state index contributed by atoms with van der Waals surface area (Å²) in [5.74, 6) is 0.956. The molecule has 0 unspecified atom stereocenters. The zero-order valence-corrected chi connectivity index (χ0v) is 52.6. The molecule has 78 heavy (non-hydrogen) atoms. The molecule has 1 aromatic heterocycles. The van der Waals surface area contributed by atoms with Gasteiger partial charge in [0.1, 0.15) is 5.58 Å². The van der Waals surface area contributed by atoms with E-state index in [9.17, 15) is 0 Å². The predicted molar refractivity (Wildman–Crippen MR) is 343 cm³/mol. The Morgan fingerprint density at radius 1 is 0.436 bits per heavy atom. The minimum atomic E-state index is -0.930. The Kier molecular flexibility index (Phi) is 11.5. The van der Waals surface area contributed by atoms with Crippen LogP contribution in [0.3, 0.4) is 0 Å². The Bertz CT molecular complexity index is 3630. The van der Waals surface area contributed by atoms with E-state index in [-0.39, 0.29) is 50.0 Å². The van der Waals surface area contributed by atoms with Crippen LogP contribution in [0.2, 0.25) is 0 Å². The quantitative estimate of drug-likeness (QED) is 0.164. The summed E-state index contributed by atoms with van der Waals surface area (Å²) in [7, 11) is -0.930. The molecule has 0 N–H and O–H groups in total. The van der Waals surface area contributed by atoms with Gasteiger partial charge < -0.3 is 9.32 Å². The topological polar surface area (TPSA) is 19.6 Å². The van der Waals surface area contributed by atoms with Crippen molar-refractivity contribution in [2.75, 3.05) is 28.6 Å². The summed E-state index contributed by atoms with van der Waals surface area (Å²) in [5.41, 5.74) is 25.3. The third-order valence-corrected chi connectivity index (χ3v) is 22.3. The van der Waals surface area contributed by atoms with Gasteiger partial charge in [-0.2, -0.15) is 0 Å². The van der Waals surface area contributed by atoms with Crippen LogP contribution in [0.1, 0.15) is 208 Å². The van der Waals surface area contributed by atoms with E-state index in [0.717, 1.165) is 55.7 Å². The number of rotatable bonds is 4. The van der Waals surface area contributed by atoms with Crippen LogP contribution in [-0.4, -0.2) is 25.5 Å². The molecule has 0 spiro atoms. The molecule has 5 aliphatic rings. The van der Waals surface area contributed by atoms with E-state index in [2.05, 4.69) is 250 Å². The van der Waals surface area contributed by atoms with Crippen LogP contribution >= 0.6 is 10.0 Å². The highest BCUT2D eigenvalue weighted by Crippen LogP contribution is 2.57. The maximum absolute atomic E-state index is 7.70. The van der Waals surface area contributed by atoms with Crippen molar-refractivity contribution in [2.24, 2.45) is 0 Å². The highest BCUT2D eigenvalue weighted by atomic mass is 32.3. The molecule has 3 heterocycles. The van der Waals surface area contributed by atoms with E-state index in [1.807, 2.05) is 0 Å². The van der Waals surface area contributed by atoms with E-state index in [1.165, 1.54) is 105 Å². The lowest BCUT2D eigenvalue weighted by Gasteiger charge is -2.48. The lowest BCUT2D eigenvalue weighted by atomic mass is 9.33. The van der Waals surface area contributed by atoms with Crippen molar-refractivity contribution < 1.29 is 4.42 Å². The van der Waals surface area contributed by atoms with Crippen molar-refractivity contribution in [2.45, 2.75) is 211 Å². The first-order valence-corrected chi connectivity index (χ1v) is 32.5. The largest absolute Gasteiger partial charge is 0.440 e. The van der Waals surface area contributed by atoms with E-state index in [4.69, 9.17) is 4.42 Å². The number of nitrogens with zero attached hydrogens (tertiary/aromatic N) is 2. The predicted octanol–water partition coefficient (Wildman–Crippen LogP) is 18.9. The number of hydrogen-bond acceptors (Lipinski definition) is 3. The third-order valence-electron chi connectivity index (χ3n) is 20.6. The number of benzene rings is 6. The molecule has 0 radical (unpaired) electrons. The van der Waals surface area contributed by atoms with E-state index in [1.54, 1.807) is 0 Å². The first-order valence-electron chi connectivity index (χ1n) is 29.7. The number of furan rings is 1. The summed E-state index contributed by atoms with van der Waals surface area (Å²) in [6.07, 6.45) is 14.2. The fraction of sp³-hybridized carbons (Fsp3) is 0.479. The Balaban J connectivity index is 1.27. The van der Waals surface area contributed by atoms with Crippen molar-refractivity contribution in [3.63, 3.8) is 0 Å². The lowest BCUT2D eigenvalue weighted by Crippen LogP contribution is -2.61. The molecule has 0 saturated carbocycles. The second-order valence-corrected chi connectivity index (χ2v) is 36.0. The van der Waals surface area contributed by atoms with Crippen LogP contribution in [0.25, 0.3) is 22.1 Å². The molecule has 6 aromatic carbocycles. The maximum atomic E-state index is 7.70. The molecule has 2 aliphatic heterocycles. The molecule has 0 bridgehead atoms. The van der Waals surface area contributed by atoms with E-state index >= 15 is 0 Å². The van der Waals surface area contributed by atoms with Crippen LogP contribution in [0.4, 0.5) is 34.3 Å². The van der Waals surface area contributed by atoms with Crippen molar-refractivity contribution in [3.05, 3.63) is 142 Å². The summed E-state index contributed by atoms with van der Waals surface area (Å²) >= 11 is 0. The summed E-state index contributed by atoms with van der Waals surface area (Å²) < 4.78 is 7.70. The van der Waals surface area contributed by atoms with Gasteiger partial charge in [-0.1, -0.05) is 155 Å². The summed E-state index contributed by atoms with van der Waals surface area (Å²) in [4.78, 5) is 6.78. The van der Waals surface area contributed by atoms with E-state index in [0.29, 0.717) is 0 Å². The summed E-state index contributed by atoms with van der Waals surface area (Å²) in [6, 6.07) is 40.2. The van der Waals surface area contributed by atoms with Crippen LogP contribution < -0.4 is 26.2 Å². The molecule has 408 valence electrons. The fourth-order valence-corrected chi connectivity index (χ4v) is 15.7. The normalized spacial score (nSPS) is 20.3. The number of anilines is 6. The van der Waals surface area contributed by atoms with Crippen molar-refractivity contribution in [1.29, 1.82) is 0 Å². The van der Waals surface area contributed by atoms with Gasteiger partial charge in [-0.25, -0.2) is 10.0 Å². The second kappa shape index (κ2) is 16.7. The van der Waals surface area contributed by atoms with Crippen molar-refractivity contribution >= 4 is 78.4 Å². The fourth-order valence-electron chi connectivity index (χ4n) is 14.8. The minimum Gasteiger partial charge on any atom is -0.440 e. The Morgan fingerprint density at radius 2 is 0.872 bits per heavy atom. The molecule has 0 saturated heterocycles. The minimum absolute atomic E-state index is 0.00123. The van der Waals surface area contributed by atoms with Crippen LogP contribution in [0, 0.1) is 0 Å². The van der Waals surface area contributed by atoms with Crippen molar-refractivity contribution in [1.82, 2.24) is 0 Å². The second-order valence-electron chi connectivity index (χ2n) is 31.8. The molecule has 0 fully saturated rings. The SMILES string of the molecule is CC(C)(C)c1ccc(N2c3cc(C(C)(C)C)cc4c3B(c3cc5c(cc3N4c3cc4c(cc3-c3ccc(S(C)(C)C)cc3)C(C)(C)CCC4(C)C)C(C)(C)CCC5(C)C)c3c2oc2cc4c(cc32)C(C)(C)CCC4(C)C)cc1. The first-order chi connectivity index (χ1) is 36.0. The average Bonchev–Trinajstić information content (AvgIpc) is 3.73. The van der Waals surface area contributed by atoms with Crippen LogP contribution in [0.5, 0.6) is 0 Å². The van der Waals surface area contributed by atoms with E-state index < -0.39 is 10.0 Å². The van der Waals surface area contributed by atoms with Gasteiger partial charge in [-0.05, 0) is 233 Å². The molecule has 3 nitrogen and oxygen atoms in total. The molecular formula is C73H91BN2OS. The zero-order chi connectivity index (χ0) is 56.2. The third kappa shape index (κ3) is 8.16. The Morgan fingerprint density at radius 3 is 1.36 bits per heavy atom. The molecule has 12 rings (SSSR count). The smallest absolute Gasteiger partial charge is 0.257 e. The van der Waals surface area contributed by atoms with Gasteiger partial charge in [-0.3, -0.25) is 4.90 Å². The van der Waals surface area contributed by atoms with Crippen molar-refractivity contribution in [3.8, 4) is 11.1 Å². The standard InChI is InChI=1S/C73H91BN2OS/c1-66(2,3)45-24-26-47(27-25-45)75-60-36-46(67(4,5)6)37-61-64(60)74(63-50-39-52-56(43-62(50)77-65(63)75)73(17,18)35-31-69(52,9)10)57-40-53-55(72(15,16)34-32-70(53,11)12)42-59(57)76(61)58-41-54-51(68(7,8)30-33-71(54,13)14)38-49(58)44-22-28-48(29-23-44)78(19,20)21/h22-29,36-43H,30-35H2,1-21H3. The molecular weight excluding hydrogens is 964 g/mol. The van der Waals surface area contributed by atoms with Gasteiger partial charge in [0.05, 0.1) is 5.69 Å². The van der Waals surface area contributed by atoms with Gasteiger partial charge >= 0.3 is 0 Å². The highest BCUT2D eigenvalue weighted by molar-refractivity contribution is 8.32. The Labute approximate surface area is 472 Å². The van der Waals surface area contributed by atoms with Gasteiger partial charge in [0.15, 0.2) is 0 Å². The Hall–Kier alpha value is -5.13. The zero-order valence-electron chi connectivity index (χ0n) is 51.8. The summed E-state index contributed by atoms with van der Waals surface area (Å²) in [6.45, 7) is 44.0. The number of fused-ring (bicyclic) bond motifs is 9. The molecule has 3 aliphatic carbocycles. The number of hydrogen-bond donors (Lipinski definition) is 0. The average molecular weight is 1060 g/mol. The highest BCUT2D eigenvalue weighted by Gasteiger charge is 2.51. The van der Waals surface area contributed by atoms with Crippen LogP contribution in [-0.2, 0) is 43.3 Å². The molecule has 7 aromatic rings. The van der Waals surface area contributed by atoms with Gasteiger partial charge in [0.25, 0.3) is 6.71 Å².